The first-order valence-electron chi connectivity index (χ1n) is 17.3. The minimum Gasteiger partial charge on any atom is -0.355 e. The molecule has 3 aromatic heterocycles. The summed E-state index contributed by atoms with van der Waals surface area (Å²) in [5.74, 6) is 0.939. The molecule has 0 saturated carbocycles. The van der Waals surface area contributed by atoms with Crippen molar-refractivity contribution >= 4 is 44.4 Å². The van der Waals surface area contributed by atoms with E-state index in [0.717, 1.165) is 48.5 Å². The third-order valence-electron chi connectivity index (χ3n) is 10.7. The van der Waals surface area contributed by atoms with Crippen LogP contribution >= 0.6 is 0 Å². The van der Waals surface area contributed by atoms with Crippen LogP contribution in [0.4, 0.5) is 0 Å². The van der Waals surface area contributed by atoms with Crippen LogP contribution in [-0.2, 0) is 12.8 Å². The fraction of sp³-hybridized carbons (Fsp3) is 0.450. The van der Waals surface area contributed by atoms with Crippen LogP contribution in [0.3, 0.4) is 0 Å². The van der Waals surface area contributed by atoms with E-state index in [1.165, 1.54) is 105 Å². The highest BCUT2D eigenvalue weighted by Crippen LogP contribution is 2.49. The number of hydrogen-bond donors (Lipinski definition) is 2. The molecule has 0 saturated heterocycles. The Hall–Kier alpha value is -3.66. The summed E-state index contributed by atoms with van der Waals surface area (Å²) in [6, 6.07) is 9.40. The van der Waals surface area contributed by atoms with E-state index < -0.39 is 0 Å². The van der Waals surface area contributed by atoms with Crippen LogP contribution in [-0.4, -0.2) is 19.9 Å². The number of aromatic nitrogens is 4. The van der Waals surface area contributed by atoms with Crippen LogP contribution in [0.2, 0.25) is 0 Å². The lowest BCUT2D eigenvalue weighted by atomic mass is 9.72. The van der Waals surface area contributed by atoms with Crippen LogP contribution in [0.1, 0.15) is 150 Å². The Morgan fingerprint density at radius 3 is 1.39 bits per heavy atom. The van der Waals surface area contributed by atoms with Gasteiger partial charge in [-0.3, -0.25) is 0 Å². The molecular weight excluding hydrogens is 536 g/mol. The molecule has 2 N–H and O–H groups in total. The Morgan fingerprint density at radius 1 is 0.591 bits per heavy atom. The first-order chi connectivity index (χ1) is 21.4. The average molecular weight is 585 g/mol. The lowest BCUT2D eigenvalue weighted by Crippen LogP contribution is -2.15. The van der Waals surface area contributed by atoms with E-state index >= 15 is 0 Å². The van der Waals surface area contributed by atoms with Crippen LogP contribution in [0.15, 0.2) is 36.4 Å². The highest BCUT2D eigenvalue weighted by molar-refractivity contribution is 5.95. The molecule has 4 heteroatoms. The van der Waals surface area contributed by atoms with Gasteiger partial charge in [-0.1, -0.05) is 52.7 Å². The first kappa shape index (κ1) is 29.1. The van der Waals surface area contributed by atoms with Gasteiger partial charge in [-0.2, -0.15) is 0 Å². The van der Waals surface area contributed by atoms with E-state index in [-0.39, 0.29) is 0 Å². The maximum atomic E-state index is 5.37. The lowest BCUT2D eigenvalue weighted by Gasteiger charge is -2.31. The summed E-state index contributed by atoms with van der Waals surface area (Å²) in [5, 5.41) is 0. The van der Waals surface area contributed by atoms with Gasteiger partial charge in [0.2, 0.25) is 0 Å². The van der Waals surface area contributed by atoms with Crippen LogP contribution in [0.25, 0.3) is 44.4 Å². The van der Waals surface area contributed by atoms with Gasteiger partial charge in [0.1, 0.15) is 0 Å². The fourth-order valence-electron chi connectivity index (χ4n) is 8.23. The average Bonchev–Trinajstić information content (AvgIpc) is 3.74. The second-order valence-corrected chi connectivity index (χ2v) is 13.3. The summed E-state index contributed by atoms with van der Waals surface area (Å²) in [6.45, 7) is 13.7. The Balaban J connectivity index is 1.61. The van der Waals surface area contributed by atoms with Gasteiger partial charge in [-0.05, 0) is 134 Å². The monoisotopic (exact) mass is 584 g/mol. The molecule has 3 aromatic rings. The quantitative estimate of drug-likeness (QED) is 0.259. The molecule has 8 rings (SSSR count). The number of fused-ring (bicyclic) bond motifs is 9. The minimum absolute atomic E-state index is 0.469. The molecule has 4 nitrogen and oxygen atoms in total. The number of aryl methyl sites for hydroxylation is 2. The molecule has 2 unspecified atom stereocenters. The summed E-state index contributed by atoms with van der Waals surface area (Å²) >= 11 is 0. The largest absolute Gasteiger partial charge is 0.355 e. The number of allylic oxidation sites excluding steroid dienone is 6. The number of rotatable bonds is 8. The van der Waals surface area contributed by atoms with E-state index in [9.17, 15) is 0 Å². The van der Waals surface area contributed by atoms with Crippen molar-refractivity contribution in [3.8, 4) is 0 Å². The van der Waals surface area contributed by atoms with Crippen molar-refractivity contribution in [1.82, 2.24) is 19.9 Å². The molecule has 5 heterocycles. The molecule has 3 aliphatic carbocycles. The van der Waals surface area contributed by atoms with Crippen LogP contribution in [0, 0.1) is 0 Å². The van der Waals surface area contributed by atoms with Crippen molar-refractivity contribution in [3.63, 3.8) is 0 Å². The van der Waals surface area contributed by atoms with Gasteiger partial charge in [-0.25, -0.2) is 9.97 Å². The Bertz CT molecular complexity index is 1760. The predicted molar refractivity (Wildman–Crippen MR) is 188 cm³/mol. The standard InChI is InChI=1S/C40H48N4/c1-7-11-13-29-23(5)31-19-37-39-25-15-17-26(18-16-25)40(39)38(44-37)20-32-24(6)30(14-12-8-2)36(42-32)22-34-28(10-4)27(9-3)33(43-34)21-35(29)41-31/h15,17,19-22,25-26,43-44H,7-14,16,18H2,1-6H3. The van der Waals surface area contributed by atoms with Gasteiger partial charge in [0.05, 0.1) is 22.8 Å². The van der Waals surface area contributed by atoms with Gasteiger partial charge < -0.3 is 9.97 Å². The maximum absolute atomic E-state index is 5.37. The minimum atomic E-state index is 0.469. The highest BCUT2D eigenvalue weighted by atomic mass is 14.8. The predicted octanol–water partition coefficient (Wildman–Crippen LogP) is 11.2. The molecule has 0 radical (unpaired) electrons. The summed E-state index contributed by atoms with van der Waals surface area (Å²) < 4.78 is 0. The van der Waals surface area contributed by atoms with Crippen molar-refractivity contribution in [1.29, 1.82) is 0 Å². The fourth-order valence-corrected chi connectivity index (χ4v) is 8.23. The van der Waals surface area contributed by atoms with Gasteiger partial charge >= 0.3 is 0 Å². The number of nitrogens with one attached hydrogen (secondary N) is 2. The smallest absolute Gasteiger partial charge is 0.0693 e. The molecule has 5 aliphatic rings. The topological polar surface area (TPSA) is 57.4 Å². The number of nitrogens with zero attached hydrogens (tertiary/aromatic N) is 2. The van der Waals surface area contributed by atoms with Crippen molar-refractivity contribution < 1.29 is 0 Å². The Labute approximate surface area is 262 Å². The van der Waals surface area contributed by atoms with E-state index in [4.69, 9.17) is 9.97 Å². The van der Waals surface area contributed by atoms with Gasteiger partial charge in [0, 0.05) is 33.9 Å². The van der Waals surface area contributed by atoms with E-state index in [0.29, 0.717) is 11.8 Å². The summed E-state index contributed by atoms with van der Waals surface area (Å²) in [7, 11) is 0. The SMILES string of the molecule is CCCCC1=C(C)c2cc3[nH]c(cc4nc(cc5[nH]c(cc1n2)c(CC)c5CC)C(CCCC)=C4C)c1c3C2C=CC1CC2. The molecule has 0 fully saturated rings. The van der Waals surface area contributed by atoms with Gasteiger partial charge in [0.15, 0.2) is 0 Å². The third kappa shape index (κ3) is 4.73. The summed E-state index contributed by atoms with van der Waals surface area (Å²) in [6.07, 6.45) is 16.2. The zero-order valence-electron chi connectivity index (χ0n) is 27.6. The van der Waals surface area contributed by atoms with Crippen LogP contribution in [0.5, 0.6) is 0 Å². The molecule has 0 aromatic carbocycles. The molecule has 0 amide bonds. The maximum Gasteiger partial charge on any atom is 0.0693 e. The Morgan fingerprint density at radius 2 is 1.00 bits per heavy atom. The van der Waals surface area contributed by atoms with E-state index in [1.54, 1.807) is 0 Å². The summed E-state index contributed by atoms with van der Waals surface area (Å²) in [5.41, 5.74) is 20.6. The van der Waals surface area contributed by atoms with Crippen molar-refractivity contribution in [2.75, 3.05) is 0 Å². The highest BCUT2D eigenvalue weighted by Gasteiger charge is 2.33. The number of H-pyrrole nitrogens is 2. The molecule has 0 spiro atoms. The van der Waals surface area contributed by atoms with Crippen LogP contribution < -0.4 is 0 Å². The zero-order valence-corrected chi connectivity index (χ0v) is 27.6. The molecular formula is C40H48N4. The number of hydrogen-bond acceptors (Lipinski definition) is 2. The third-order valence-corrected chi connectivity index (χ3v) is 10.7. The molecule has 228 valence electrons. The zero-order chi connectivity index (χ0) is 30.5. The molecule has 2 atom stereocenters. The first-order valence-corrected chi connectivity index (χ1v) is 17.3. The number of aromatic amines is 2. The van der Waals surface area contributed by atoms with Gasteiger partial charge in [-0.15, -0.1) is 0 Å². The van der Waals surface area contributed by atoms with Crippen molar-refractivity contribution in [3.05, 3.63) is 81.4 Å². The molecule has 2 aliphatic heterocycles. The summed E-state index contributed by atoms with van der Waals surface area (Å²) in [4.78, 5) is 18.6. The van der Waals surface area contributed by atoms with Crippen molar-refractivity contribution in [2.45, 2.75) is 118 Å². The normalized spacial score (nSPS) is 19.0. The van der Waals surface area contributed by atoms with E-state index in [2.05, 4.69) is 87.9 Å². The van der Waals surface area contributed by atoms with Gasteiger partial charge in [0.25, 0.3) is 0 Å². The van der Waals surface area contributed by atoms with E-state index in [1.807, 2.05) is 0 Å². The van der Waals surface area contributed by atoms with Crippen molar-refractivity contribution in [2.24, 2.45) is 0 Å². The number of unbranched alkanes of at least 4 members (excludes halogenated alkanes) is 2. The second-order valence-electron chi connectivity index (χ2n) is 13.3. The Kier molecular flexibility index (Phi) is 7.72. The molecule has 44 heavy (non-hydrogen) atoms. The molecule has 10 bridgehead atoms. The second kappa shape index (κ2) is 11.7. The lowest BCUT2D eigenvalue weighted by molar-refractivity contribution is 0.562.